The summed E-state index contributed by atoms with van der Waals surface area (Å²) in [6.45, 7) is 0. The van der Waals surface area contributed by atoms with E-state index in [1.54, 1.807) is 48.5 Å². The molecule has 0 amide bonds. The van der Waals surface area contributed by atoms with Gasteiger partial charge in [-0.3, -0.25) is 0 Å². The second kappa shape index (κ2) is 4.45. The number of benzene rings is 2. The quantitative estimate of drug-likeness (QED) is 0.782. The minimum Gasteiger partial charge on any atom is -0.508 e. The summed E-state index contributed by atoms with van der Waals surface area (Å²) < 4.78 is 0. The molecule has 0 fully saturated rings. The third-order valence-corrected chi connectivity index (χ3v) is 2.88. The molecule has 16 heavy (non-hydrogen) atoms. The van der Waals surface area contributed by atoms with E-state index in [1.165, 1.54) is 0 Å². The Kier molecular flexibility index (Phi) is 3.02. The molecule has 0 bridgehead atoms. The van der Waals surface area contributed by atoms with Gasteiger partial charge in [0.2, 0.25) is 0 Å². The minimum absolute atomic E-state index is 0.221. The third-order valence-electron chi connectivity index (χ3n) is 2.37. The molecule has 2 rings (SSSR count). The summed E-state index contributed by atoms with van der Waals surface area (Å²) in [6.07, 6.45) is 0. The summed E-state index contributed by atoms with van der Waals surface area (Å²) >= 11 is 6.27. The summed E-state index contributed by atoms with van der Waals surface area (Å²) in [7, 11) is 0. The van der Waals surface area contributed by atoms with Crippen molar-refractivity contribution in [1.29, 1.82) is 0 Å². The lowest BCUT2D eigenvalue weighted by Gasteiger charge is -2.10. The average molecular weight is 235 g/mol. The highest BCUT2D eigenvalue weighted by Gasteiger charge is 2.10. The molecule has 0 aliphatic heterocycles. The van der Waals surface area contributed by atoms with Crippen molar-refractivity contribution >= 4 is 11.6 Å². The summed E-state index contributed by atoms with van der Waals surface area (Å²) in [6, 6.07) is 13.5. The number of aromatic hydroxyl groups is 2. The summed E-state index contributed by atoms with van der Waals surface area (Å²) in [5.41, 5.74) is 1.82. The van der Waals surface area contributed by atoms with Crippen molar-refractivity contribution in [3.8, 4) is 11.5 Å². The average Bonchev–Trinajstić information content (AvgIpc) is 2.30. The maximum atomic E-state index is 9.17. The van der Waals surface area contributed by atoms with E-state index in [4.69, 9.17) is 21.8 Å². The standard InChI is InChI=1S/C13H11ClO2/c14-13(9-1-5-11(15)6-2-9)10-3-7-12(16)8-4-10/h1-8,13,15-16H. The van der Waals surface area contributed by atoms with Crippen molar-refractivity contribution in [2.75, 3.05) is 0 Å². The summed E-state index contributed by atoms with van der Waals surface area (Å²) in [5.74, 6) is 0.441. The fourth-order valence-electron chi connectivity index (χ4n) is 1.48. The first-order valence-electron chi connectivity index (χ1n) is 4.89. The number of phenolic OH excluding ortho intramolecular Hbond substituents is 2. The zero-order valence-electron chi connectivity index (χ0n) is 8.47. The van der Waals surface area contributed by atoms with E-state index in [1.807, 2.05) is 0 Å². The number of hydrogen-bond acceptors (Lipinski definition) is 2. The number of phenols is 2. The van der Waals surface area contributed by atoms with Gasteiger partial charge in [-0.05, 0) is 35.4 Å². The van der Waals surface area contributed by atoms with Crippen molar-refractivity contribution in [3.63, 3.8) is 0 Å². The smallest absolute Gasteiger partial charge is 0.115 e. The molecule has 0 atom stereocenters. The zero-order chi connectivity index (χ0) is 11.5. The molecule has 0 radical (unpaired) electrons. The first-order chi connectivity index (χ1) is 7.66. The molecule has 0 spiro atoms. The van der Waals surface area contributed by atoms with E-state index >= 15 is 0 Å². The SMILES string of the molecule is Oc1ccc(C(Cl)c2ccc(O)cc2)cc1. The van der Waals surface area contributed by atoms with Crippen LogP contribution in [0.15, 0.2) is 48.5 Å². The van der Waals surface area contributed by atoms with E-state index in [9.17, 15) is 0 Å². The van der Waals surface area contributed by atoms with Gasteiger partial charge in [0.25, 0.3) is 0 Å². The van der Waals surface area contributed by atoms with Gasteiger partial charge < -0.3 is 10.2 Å². The third kappa shape index (κ3) is 2.28. The molecule has 2 aromatic rings. The van der Waals surface area contributed by atoms with Gasteiger partial charge >= 0.3 is 0 Å². The molecule has 0 aliphatic carbocycles. The van der Waals surface area contributed by atoms with Crippen LogP contribution in [0, 0.1) is 0 Å². The lowest BCUT2D eigenvalue weighted by molar-refractivity contribution is 0.475. The predicted octanol–water partition coefficient (Wildman–Crippen LogP) is 3.43. The Morgan fingerprint density at radius 1 is 0.688 bits per heavy atom. The lowest BCUT2D eigenvalue weighted by Crippen LogP contribution is -1.92. The highest BCUT2D eigenvalue weighted by molar-refractivity contribution is 6.22. The molecule has 0 heterocycles. The topological polar surface area (TPSA) is 40.5 Å². The molecule has 2 aromatic carbocycles. The van der Waals surface area contributed by atoms with Gasteiger partial charge in [-0.2, -0.15) is 0 Å². The monoisotopic (exact) mass is 234 g/mol. The van der Waals surface area contributed by atoms with Crippen LogP contribution in [0.5, 0.6) is 11.5 Å². The fourth-order valence-corrected chi connectivity index (χ4v) is 1.77. The second-order valence-corrected chi connectivity index (χ2v) is 3.98. The van der Waals surface area contributed by atoms with Crippen LogP contribution in [0.1, 0.15) is 16.5 Å². The van der Waals surface area contributed by atoms with Crippen LogP contribution in [0.3, 0.4) is 0 Å². The van der Waals surface area contributed by atoms with Crippen LogP contribution in [-0.2, 0) is 0 Å². The largest absolute Gasteiger partial charge is 0.508 e. The number of rotatable bonds is 2. The maximum absolute atomic E-state index is 9.17. The van der Waals surface area contributed by atoms with Crippen LogP contribution in [0.4, 0.5) is 0 Å². The predicted molar refractivity (Wildman–Crippen MR) is 63.9 cm³/mol. The minimum atomic E-state index is -0.277. The van der Waals surface area contributed by atoms with E-state index in [2.05, 4.69) is 0 Å². The van der Waals surface area contributed by atoms with Gasteiger partial charge in [0.05, 0.1) is 5.38 Å². The molecule has 3 heteroatoms. The van der Waals surface area contributed by atoms with Crippen LogP contribution in [0.25, 0.3) is 0 Å². The van der Waals surface area contributed by atoms with E-state index in [-0.39, 0.29) is 16.9 Å². The first kappa shape index (κ1) is 10.8. The van der Waals surface area contributed by atoms with Crippen molar-refractivity contribution in [2.24, 2.45) is 0 Å². The number of halogens is 1. The molecule has 0 aromatic heterocycles. The highest BCUT2D eigenvalue weighted by Crippen LogP contribution is 2.30. The molecule has 0 aliphatic rings. The maximum Gasteiger partial charge on any atom is 0.115 e. The van der Waals surface area contributed by atoms with Gasteiger partial charge in [-0.25, -0.2) is 0 Å². The van der Waals surface area contributed by atoms with Gasteiger partial charge in [-0.1, -0.05) is 24.3 Å². The fraction of sp³-hybridized carbons (Fsp3) is 0.0769. The Morgan fingerprint density at radius 3 is 1.31 bits per heavy atom. The molecule has 0 unspecified atom stereocenters. The zero-order valence-corrected chi connectivity index (χ0v) is 9.22. The first-order valence-corrected chi connectivity index (χ1v) is 5.32. The van der Waals surface area contributed by atoms with Gasteiger partial charge in [0.15, 0.2) is 0 Å². The summed E-state index contributed by atoms with van der Waals surface area (Å²) in [4.78, 5) is 0. The van der Waals surface area contributed by atoms with Gasteiger partial charge in [0, 0.05) is 0 Å². The highest BCUT2D eigenvalue weighted by atomic mass is 35.5. The normalized spacial score (nSPS) is 10.6. The lowest BCUT2D eigenvalue weighted by atomic mass is 10.0. The Hall–Kier alpha value is -1.67. The molecule has 2 nitrogen and oxygen atoms in total. The van der Waals surface area contributed by atoms with Crippen molar-refractivity contribution < 1.29 is 10.2 Å². The second-order valence-electron chi connectivity index (χ2n) is 3.55. The van der Waals surface area contributed by atoms with Crippen LogP contribution >= 0.6 is 11.6 Å². The molecular weight excluding hydrogens is 224 g/mol. The van der Waals surface area contributed by atoms with Crippen LogP contribution < -0.4 is 0 Å². The van der Waals surface area contributed by atoms with E-state index in [0.29, 0.717) is 0 Å². The van der Waals surface area contributed by atoms with Crippen molar-refractivity contribution in [2.45, 2.75) is 5.38 Å². The number of alkyl halides is 1. The molecule has 82 valence electrons. The molecular formula is C13H11ClO2. The Morgan fingerprint density at radius 2 is 1.00 bits per heavy atom. The molecule has 0 saturated heterocycles. The Balaban J connectivity index is 2.28. The van der Waals surface area contributed by atoms with E-state index in [0.717, 1.165) is 11.1 Å². The number of hydrogen-bond donors (Lipinski definition) is 2. The van der Waals surface area contributed by atoms with Crippen molar-refractivity contribution in [1.82, 2.24) is 0 Å². The van der Waals surface area contributed by atoms with E-state index < -0.39 is 0 Å². The Labute approximate surface area is 98.7 Å². The van der Waals surface area contributed by atoms with Gasteiger partial charge in [-0.15, -0.1) is 11.6 Å². The van der Waals surface area contributed by atoms with Gasteiger partial charge in [0.1, 0.15) is 11.5 Å². The molecule has 0 saturated carbocycles. The van der Waals surface area contributed by atoms with Crippen molar-refractivity contribution in [3.05, 3.63) is 59.7 Å². The van der Waals surface area contributed by atoms with Crippen LogP contribution in [0.2, 0.25) is 0 Å². The molecule has 2 N–H and O–H groups in total. The summed E-state index contributed by atoms with van der Waals surface area (Å²) in [5, 5.41) is 18.1. The Bertz CT molecular complexity index is 417. The van der Waals surface area contributed by atoms with Crippen LogP contribution in [-0.4, -0.2) is 10.2 Å².